The molecule has 0 saturated heterocycles. The van der Waals surface area contributed by atoms with Crippen LogP contribution < -0.4 is 10.6 Å². The van der Waals surface area contributed by atoms with E-state index < -0.39 is 5.91 Å². The second kappa shape index (κ2) is 6.09. The lowest BCUT2D eigenvalue weighted by atomic mass is 10.2. The number of nitrogens with one attached hydrogen (secondary N) is 1. The normalized spacial score (nSPS) is 10.1. The third kappa shape index (κ3) is 2.87. The molecule has 0 aliphatic rings. The van der Waals surface area contributed by atoms with Crippen LogP contribution in [0.5, 0.6) is 0 Å². The number of nitrogens with zero attached hydrogens (tertiary/aromatic N) is 3. The van der Waals surface area contributed by atoms with E-state index in [1.54, 1.807) is 0 Å². The van der Waals surface area contributed by atoms with E-state index in [1.807, 2.05) is 30.3 Å². The van der Waals surface area contributed by atoms with E-state index >= 15 is 0 Å². The van der Waals surface area contributed by atoms with Gasteiger partial charge < -0.3 is 15.6 Å². The highest BCUT2D eigenvalue weighted by Crippen LogP contribution is 2.22. The van der Waals surface area contributed by atoms with Crippen molar-refractivity contribution in [1.82, 2.24) is 9.97 Å². The van der Waals surface area contributed by atoms with Gasteiger partial charge in [0.05, 0.1) is 0 Å². The molecule has 0 fully saturated rings. The van der Waals surface area contributed by atoms with Crippen LogP contribution in [0, 0.1) is 11.3 Å². The van der Waals surface area contributed by atoms with Gasteiger partial charge in [-0.05, 0) is 38.1 Å². The number of amides is 1. The SMILES string of the molecule is CCN(CC)c1ccc(-c2nc(C#N)c(C(N)=O)[nH]2)cc1. The van der Waals surface area contributed by atoms with E-state index in [2.05, 4.69) is 28.7 Å². The van der Waals surface area contributed by atoms with E-state index in [0.29, 0.717) is 5.82 Å². The minimum atomic E-state index is -0.690. The van der Waals surface area contributed by atoms with E-state index in [4.69, 9.17) is 11.0 Å². The lowest BCUT2D eigenvalue weighted by molar-refractivity contribution is 0.0996. The summed E-state index contributed by atoms with van der Waals surface area (Å²) in [6.45, 7) is 6.06. The number of primary amides is 1. The Kier molecular flexibility index (Phi) is 4.24. The van der Waals surface area contributed by atoms with Crippen LogP contribution in [-0.4, -0.2) is 29.0 Å². The van der Waals surface area contributed by atoms with Crippen molar-refractivity contribution in [2.75, 3.05) is 18.0 Å². The lowest BCUT2D eigenvalue weighted by Gasteiger charge is -2.20. The van der Waals surface area contributed by atoms with Crippen LogP contribution in [-0.2, 0) is 0 Å². The standard InChI is InChI=1S/C15H17N5O/c1-3-20(4-2)11-7-5-10(6-8-11)15-18-12(9-16)13(19-15)14(17)21/h5-8H,3-4H2,1-2H3,(H2,17,21)(H,18,19). The quantitative estimate of drug-likeness (QED) is 0.875. The fraction of sp³-hybridized carbons (Fsp3) is 0.267. The van der Waals surface area contributed by atoms with E-state index in [0.717, 1.165) is 24.3 Å². The fourth-order valence-electron chi connectivity index (χ4n) is 2.19. The second-order valence-electron chi connectivity index (χ2n) is 4.50. The van der Waals surface area contributed by atoms with Crippen LogP contribution in [0.25, 0.3) is 11.4 Å². The maximum atomic E-state index is 11.2. The minimum absolute atomic E-state index is 0.0188. The number of imidazole rings is 1. The molecule has 1 amide bonds. The Hall–Kier alpha value is -2.81. The van der Waals surface area contributed by atoms with Crippen LogP contribution in [0.4, 0.5) is 5.69 Å². The summed E-state index contributed by atoms with van der Waals surface area (Å²) in [6, 6.07) is 9.64. The number of hydrogen-bond donors (Lipinski definition) is 2. The number of rotatable bonds is 5. The molecular formula is C15H17N5O. The zero-order valence-electron chi connectivity index (χ0n) is 12.1. The van der Waals surface area contributed by atoms with E-state index in [-0.39, 0.29) is 11.4 Å². The Morgan fingerprint density at radius 1 is 1.33 bits per heavy atom. The van der Waals surface area contributed by atoms with Crippen molar-refractivity contribution in [3.05, 3.63) is 35.7 Å². The number of benzene rings is 1. The summed E-state index contributed by atoms with van der Waals surface area (Å²) in [5.41, 5.74) is 7.19. The van der Waals surface area contributed by atoms with Gasteiger partial charge in [0.1, 0.15) is 17.6 Å². The number of carbonyl (C=O) groups is 1. The number of H-pyrrole nitrogens is 1. The number of hydrogen-bond acceptors (Lipinski definition) is 4. The van der Waals surface area contributed by atoms with Crippen molar-refractivity contribution in [1.29, 1.82) is 5.26 Å². The van der Waals surface area contributed by atoms with Crippen LogP contribution >= 0.6 is 0 Å². The van der Waals surface area contributed by atoms with Crippen molar-refractivity contribution in [2.45, 2.75) is 13.8 Å². The van der Waals surface area contributed by atoms with Crippen molar-refractivity contribution in [3.63, 3.8) is 0 Å². The molecule has 0 spiro atoms. The number of carbonyl (C=O) groups excluding carboxylic acids is 1. The predicted octanol–water partition coefficient (Wildman–Crippen LogP) is 1.89. The number of aromatic amines is 1. The average molecular weight is 283 g/mol. The lowest BCUT2D eigenvalue weighted by Crippen LogP contribution is -2.21. The number of anilines is 1. The molecule has 0 aliphatic carbocycles. The van der Waals surface area contributed by atoms with Gasteiger partial charge in [0, 0.05) is 24.3 Å². The van der Waals surface area contributed by atoms with Gasteiger partial charge in [0.2, 0.25) is 0 Å². The molecule has 6 nitrogen and oxygen atoms in total. The highest BCUT2D eigenvalue weighted by molar-refractivity contribution is 5.93. The Morgan fingerprint density at radius 3 is 2.38 bits per heavy atom. The number of nitrogens with two attached hydrogens (primary N) is 1. The third-order valence-corrected chi connectivity index (χ3v) is 3.33. The first kappa shape index (κ1) is 14.6. The molecule has 0 unspecified atom stereocenters. The first-order valence-electron chi connectivity index (χ1n) is 6.76. The van der Waals surface area contributed by atoms with Crippen LogP contribution in [0.15, 0.2) is 24.3 Å². The predicted molar refractivity (Wildman–Crippen MR) is 80.8 cm³/mol. The maximum Gasteiger partial charge on any atom is 0.268 e. The van der Waals surface area contributed by atoms with Gasteiger partial charge in [-0.3, -0.25) is 4.79 Å². The van der Waals surface area contributed by atoms with Crippen LogP contribution in [0.2, 0.25) is 0 Å². The highest BCUT2D eigenvalue weighted by atomic mass is 16.1. The monoisotopic (exact) mass is 283 g/mol. The van der Waals surface area contributed by atoms with Gasteiger partial charge in [-0.1, -0.05) is 0 Å². The van der Waals surface area contributed by atoms with Gasteiger partial charge in [0.15, 0.2) is 5.69 Å². The summed E-state index contributed by atoms with van der Waals surface area (Å²) >= 11 is 0. The molecule has 108 valence electrons. The second-order valence-corrected chi connectivity index (χ2v) is 4.50. The molecule has 0 saturated carbocycles. The van der Waals surface area contributed by atoms with Crippen LogP contribution in [0.1, 0.15) is 30.0 Å². The first-order chi connectivity index (χ1) is 10.1. The molecule has 3 N–H and O–H groups in total. The Morgan fingerprint density at radius 2 is 1.95 bits per heavy atom. The van der Waals surface area contributed by atoms with Gasteiger partial charge in [-0.2, -0.15) is 5.26 Å². The molecule has 0 aliphatic heterocycles. The average Bonchev–Trinajstić information content (AvgIpc) is 2.94. The summed E-state index contributed by atoms with van der Waals surface area (Å²) < 4.78 is 0. The summed E-state index contributed by atoms with van der Waals surface area (Å²) in [6.07, 6.45) is 0. The fourth-order valence-corrected chi connectivity index (χ4v) is 2.19. The first-order valence-corrected chi connectivity index (χ1v) is 6.76. The number of nitriles is 1. The largest absolute Gasteiger partial charge is 0.372 e. The molecule has 2 rings (SSSR count). The third-order valence-electron chi connectivity index (χ3n) is 3.33. The zero-order chi connectivity index (χ0) is 15.4. The molecule has 1 heterocycles. The smallest absolute Gasteiger partial charge is 0.268 e. The molecular weight excluding hydrogens is 266 g/mol. The van der Waals surface area contributed by atoms with Crippen LogP contribution in [0.3, 0.4) is 0 Å². The van der Waals surface area contributed by atoms with Crippen molar-refractivity contribution >= 4 is 11.6 Å². The molecule has 1 aromatic carbocycles. The molecule has 6 heteroatoms. The molecule has 0 atom stereocenters. The Balaban J connectivity index is 2.35. The molecule has 21 heavy (non-hydrogen) atoms. The van der Waals surface area contributed by atoms with Gasteiger partial charge in [-0.25, -0.2) is 4.98 Å². The molecule has 0 bridgehead atoms. The summed E-state index contributed by atoms with van der Waals surface area (Å²) in [4.78, 5) is 20.4. The summed E-state index contributed by atoms with van der Waals surface area (Å²) in [7, 11) is 0. The van der Waals surface area contributed by atoms with Gasteiger partial charge in [0.25, 0.3) is 5.91 Å². The van der Waals surface area contributed by atoms with Gasteiger partial charge in [-0.15, -0.1) is 0 Å². The summed E-state index contributed by atoms with van der Waals surface area (Å²) in [5.74, 6) is -0.225. The van der Waals surface area contributed by atoms with Crippen molar-refractivity contribution in [3.8, 4) is 17.5 Å². The van der Waals surface area contributed by atoms with Crippen molar-refractivity contribution < 1.29 is 4.79 Å². The Labute approximate surface area is 123 Å². The number of aromatic nitrogens is 2. The highest BCUT2D eigenvalue weighted by Gasteiger charge is 2.15. The van der Waals surface area contributed by atoms with E-state index in [1.165, 1.54) is 0 Å². The molecule has 0 radical (unpaired) electrons. The topological polar surface area (TPSA) is 98.8 Å². The minimum Gasteiger partial charge on any atom is -0.372 e. The van der Waals surface area contributed by atoms with E-state index in [9.17, 15) is 4.79 Å². The maximum absolute atomic E-state index is 11.2. The molecule has 2 aromatic rings. The zero-order valence-corrected chi connectivity index (χ0v) is 12.1. The summed E-state index contributed by atoms with van der Waals surface area (Å²) in [5, 5.41) is 8.96. The molecule has 1 aromatic heterocycles. The van der Waals surface area contributed by atoms with Gasteiger partial charge >= 0.3 is 0 Å². The van der Waals surface area contributed by atoms with Crippen molar-refractivity contribution in [2.24, 2.45) is 5.73 Å². The Bertz CT molecular complexity index is 677.